The lowest BCUT2D eigenvalue weighted by Crippen LogP contribution is -2.00. The highest BCUT2D eigenvalue weighted by molar-refractivity contribution is 9.10. The van der Waals surface area contributed by atoms with Gasteiger partial charge in [0.05, 0.1) is 13.7 Å². The number of carbonyl (C=O) groups is 1. The van der Waals surface area contributed by atoms with E-state index < -0.39 is 0 Å². The first kappa shape index (κ1) is 17.2. The Morgan fingerprint density at radius 2 is 1.91 bits per heavy atom. The lowest BCUT2D eigenvalue weighted by molar-refractivity contribution is 0.104. The number of benzene rings is 2. The Labute approximate surface area is 143 Å². The van der Waals surface area contributed by atoms with Crippen LogP contribution in [-0.2, 0) is 11.3 Å². The number of aromatic hydroxyl groups is 1. The second-order valence-corrected chi connectivity index (χ2v) is 5.66. The molecule has 2 rings (SSSR count). The predicted octanol–water partition coefficient (Wildman–Crippen LogP) is 4.21. The Kier molecular flexibility index (Phi) is 5.96. The first-order valence-corrected chi connectivity index (χ1v) is 7.71. The van der Waals surface area contributed by atoms with Crippen LogP contribution in [0.2, 0.25) is 0 Å². The number of ketones is 1. The van der Waals surface area contributed by atoms with Crippen LogP contribution in [0.3, 0.4) is 0 Å². The molecule has 0 aliphatic rings. The van der Waals surface area contributed by atoms with Crippen LogP contribution in [-0.4, -0.2) is 25.1 Å². The van der Waals surface area contributed by atoms with Crippen molar-refractivity contribution >= 4 is 27.8 Å². The van der Waals surface area contributed by atoms with Crippen molar-refractivity contribution in [2.75, 3.05) is 14.2 Å². The molecule has 0 saturated carbocycles. The second kappa shape index (κ2) is 7.94. The van der Waals surface area contributed by atoms with Crippen LogP contribution in [0.5, 0.6) is 11.5 Å². The molecule has 0 aromatic heterocycles. The van der Waals surface area contributed by atoms with E-state index in [-0.39, 0.29) is 11.5 Å². The van der Waals surface area contributed by atoms with Crippen molar-refractivity contribution in [2.24, 2.45) is 0 Å². The summed E-state index contributed by atoms with van der Waals surface area (Å²) in [7, 11) is 3.16. The van der Waals surface area contributed by atoms with Gasteiger partial charge >= 0.3 is 0 Å². The van der Waals surface area contributed by atoms with Gasteiger partial charge in [0.15, 0.2) is 5.78 Å². The minimum absolute atomic E-state index is 0.0291. The molecule has 0 amide bonds. The predicted molar refractivity (Wildman–Crippen MR) is 92.9 cm³/mol. The smallest absolute Gasteiger partial charge is 0.187 e. The van der Waals surface area contributed by atoms with E-state index in [2.05, 4.69) is 15.9 Å². The molecule has 0 fully saturated rings. The van der Waals surface area contributed by atoms with Crippen LogP contribution in [0.25, 0.3) is 6.08 Å². The van der Waals surface area contributed by atoms with Crippen molar-refractivity contribution < 1.29 is 19.4 Å². The summed E-state index contributed by atoms with van der Waals surface area (Å²) in [4.78, 5) is 12.4. The van der Waals surface area contributed by atoms with Gasteiger partial charge in [0, 0.05) is 17.1 Å². The fourth-order valence-electron chi connectivity index (χ4n) is 2.08. The number of hydrogen-bond acceptors (Lipinski definition) is 4. The molecule has 2 aromatic carbocycles. The third-order valence-electron chi connectivity index (χ3n) is 3.24. The minimum Gasteiger partial charge on any atom is -0.508 e. The number of phenols is 1. The second-order valence-electron chi connectivity index (χ2n) is 4.87. The number of carbonyl (C=O) groups excluding carboxylic acids is 1. The normalized spacial score (nSPS) is 10.9. The SMILES string of the molecule is COCc1cc(O)cc(C(=O)/C=C/c2ccc(OC)cc2)c1Br. The molecule has 0 radical (unpaired) electrons. The van der Waals surface area contributed by atoms with E-state index in [4.69, 9.17) is 9.47 Å². The van der Waals surface area contributed by atoms with Gasteiger partial charge in [-0.3, -0.25) is 4.79 Å². The summed E-state index contributed by atoms with van der Waals surface area (Å²) in [6.45, 7) is 0.303. The Balaban J connectivity index is 2.24. The maximum absolute atomic E-state index is 12.4. The molecule has 23 heavy (non-hydrogen) atoms. The number of halogens is 1. The monoisotopic (exact) mass is 376 g/mol. The number of methoxy groups -OCH3 is 2. The summed E-state index contributed by atoms with van der Waals surface area (Å²) in [5.41, 5.74) is 1.99. The van der Waals surface area contributed by atoms with Crippen LogP contribution in [0.4, 0.5) is 0 Å². The van der Waals surface area contributed by atoms with Crippen molar-refractivity contribution in [3.63, 3.8) is 0 Å². The molecule has 0 heterocycles. The number of phenolic OH excluding ortho intramolecular Hbond substituents is 1. The molecular formula is C18H17BrO4. The molecule has 5 heteroatoms. The summed E-state index contributed by atoms with van der Waals surface area (Å²) in [5.74, 6) is 0.579. The lowest BCUT2D eigenvalue weighted by atomic mass is 10.1. The van der Waals surface area contributed by atoms with Crippen molar-refractivity contribution in [3.8, 4) is 11.5 Å². The Bertz CT molecular complexity index is 721. The standard InChI is InChI=1S/C18H17BrO4/c1-22-11-13-9-14(20)10-16(18(13)19)17(21)8-5-12-3-6-15(23-2)7-4-12/h3-10,20H,11H2,1-2H3/b8-5+. The van der Waals surface area contributed by atoms with Gasteiger partial charge in [0.1, 0.15) is 11.5 Å². The van der Waals surface area contributed by atoms with Gasteiger partial charge < -0.3 is 14.6 Å². The average Bonchev–Trinajstić information content (AvgIpc) is 2.56. The number of rotatable bonds is 6. The minimum atomic E-state index is -0.207. The zero-order chi connectivity index (χ0) is 16.8. The topological polar surface area (TPSA) is 55.8 Å². The number of ether oxygens (including phenoxy) is 2. The molecule has 0 saturated heterocycles. The molecule has 120 valence electrons. The first-order chi connectivity index (χ1) is 11.0. The van der Waals surface area contributed by atoms with Gasteiger partial charge in [-0.15, -0.1) is 0 Å². The fraction of sp³-hybridized carbons (Fsp3) is 0.167. The summed E-state index contributed by atoms with van der Waals surface area (Å²) in [6.07, 6.45) is 3.19. The van der Waals surface area contributed by atoms with E-state index in [0.29, 0.717) is 22.2 Å². The third-order valence-corrected chi connectivity index (χ3v) is 4.18. The molecule has 2 aromatic rings. The zero-order valence-corrected chi connectivity index (χ0v) is 14.5. The molecule has 4 nitrogen and oxygen atoms in total. The summed E-state index contributed by atoms with van der Waals surface area (Å²) in [5, 5.41) is 9.77. The van der Waals surface area contributed by atoms with Gasteiger partial charge in [-0.05, 0) is 57.4 Å². The van der Waals surface area contributed by atoms with Gasteiger partial charge in [-0.25, -0.2) is 0 Å². The summed E-state index contributed by atoms with van der Waals surface area (Å²) in [6, 6.07) is 10.4. The molecular weight excluding hydrogens is 360 g/mol. The summed E-state index contributed by atoms with van der Waals surface area (Å²) >= 11 is 3.40. The van der Waals surface area contributed by atoms with Crippen LogP contribution in [0.15, 0.2) is 46.9 Å². The average molecular weight is 377 g/mol. The van der Waals surface area contributed by atoms with E-state index >= 15 is 0 Å². The Morgan fingerprint density at radius 1 is 1.22 bits per heavy atom. The maximum Gasteiger partial charge on any atom is 0.187 e. The van der Waals surface area contributed by atoms with Crippen molar-refractivity contribution in [1.82, 2.24) is 0 Å². The van der Waals surface area contributed by atoms with Crippen LogP contribution >= 0.6 is 15.9 Å². The number of allylic oxidation sites excluding steroid dienone is 1. The van der Waals surface area contributed by atoms with Gasteiger partial charge in [-0.2, -0.15) is 0 Å². The van der Waals surface area contributed by atoms with Gasteiger partial charge in [0.25, 0.3) is 0 Å². The highest BCUT2D eigenvalue weighted by Crippen LogP contribution is 2.28. The summed E-state index contributed by atoms with van der Waals surface area (Å²) < 4.78 is 10.8. The van der Waals surface area contributed by atoms with E-state index in [1.54, 1.807) is 26.4 Å². The fourth-order valence-corrected chi connectivity index (χ4v) is 2.62. The highest BCUT2D eigenvalue weighted by Gasteiger charge is 2.13. The van der Waals surface area contributed by atoms with Gasteiger partial charge in [-0.1, -0.05) is 18.2 Å². The molecule has 0 aliphatic heterocycles. The van der Waals surface area contributed by atoms with Crippen LogP contribution in [0.1, 0.15) is 21.5 Å². The molecule has 0 unspecified atom stereocenters. The van der Waals surface area contributed by atoms with E-state index in [0.717, 1.165) is 11.3 Å². The Hall–Kier alpha value is -2.11. The molecule has 0 aliphatic carbocycles. The van der Waals surface area contributed by atoms with E-state index in [1.807, 2.05) is 24.3 Å². The largest absolute Gasteiger partial charge is 0.508 e. The molecule has 0 atom stereocenters. The molecule has 0 bridgehead atoms. The van der Waals surface area contributed by atoms with Gasteiger partial charge in [0.2, 0.25) is 0 Å². The number of hydrogen-bond donors (Lipinski definition) is 1. The van der Waals surface area contributed by atoms with E-state index in [9.17, 15) is 9.90 Å². The quantitative estimate of drug-likeness (QED) is 0.606. The first-order valence-electron chi connectivity index (χ1n) is 6.92. The van der Waals surface area contributed by atoms with Crippen molar-refractivity contribution in [2.45, 2.75) is 6.61 Å². The van der Waals surface area contributed by atoms with Crippen molar-refractivity contribution in [1.29, 1.82) is 0 Å². The lowest BCUT2D eigenvalue weighted by Gasteiger charge is -2.08. The van der Waals surface area contributed by atoms with Crippen LogP contribution < -0.4 is 4.74 Å². The molecule has 0 spiro atoms. The van der Waals surface area contributed by atoms with Crippen molar-refractivity contribution in [3.05, 3.63) is 63.6 Å². The third kappa shape index (κ3) is 4.43. The van der Waals surface area contributed by atoms with Crippen LogP contribution in [0, 0.1) is 0 Å². The highest BCUT2D eigenvalue weighted by atomic mass is 79.9. The Morgan fingerprint density at radius 3 is 2.52 bits per heavy atom. The van der Waals surface area contributed by atoms with E-state index in [1.165, 1.54) is 12.1 Å². The molecule has 1 N–H and O–H groups in total. The maximum atomic E-state index is 12.4. The zero-order valence-electron chi connectivity index (χ0n) is 12.9.